The van der Waals surface area contributed by atoms with Crippen molar-refractivity contribution in [3.8, 4) is 0 Å². The SMILES string of the molecule is CCC(C)c1ccc(NC(=O)C(C)OC(=O)c2ccc3c(c2)SC2=NS(=O)(=O)CCN23)cc1. The molecule has 174 valence electrons. The second kappa shape index (κ2) is 9.18. The maximum Gasteiger partial charge on any atom is 0.338 e. The average Bonchev–Trinajstić information content (AvgIpc) is 3.14. The number of amidine groups is 1. The van der Waals surface area contributed by atoms with Crippen LogP contribution in [-0.4, -0.2) is 43.9 Å². The third-order valence-corrected chi connectivity index (χ3v) is 8.03. The molecule has 0 radical (unpaired) electrons. The summed E-state index contributed by atoms with van der Waals surface area (Å²) in [5.74, 6) is -0.662. The Morgan fingerprint density at radius 1 is 1.18 bits per heavy atom. The van der Waals surface area contributed by atoms with Crippen LogP contribution in [0.2, 0.25) is 0 Å². The topological polar surface area (TPSA) is 105 Å². The third-order valence-electron chi connectivity index (χ3n) is 5.72. The Hall–Kier alpha value is -2.85. The molecule has 0 saturated carbocycles. The number of amides is 1. The van der Waals surface area contributed by atoms with Crippen LogP contribution >= 0.6 is 11.8 Å². The van der Waals surface area contributed by atoms with E-state index in [2.05, 4.69) is 23.6 Å². The number of anilines is 2. The lowest BCUT2D eigenvalue weighted by atomic mass is 9.99. The van der Waals surface area contributed by atoms with Crippen LogP contribution in [0.25, 0.3) is 0 Å². The quantitative estimate of drug-likeness (QED) is 0.614. The van der Waals surface area contributed by atoms with Crippen molar-refractivity contribution in [2.45, 2.75) is 44.1 Å². The van der Waals surface area contributed by atoms with E-state index in [-0.39, 0.29) is 11.3 Å². The summed E-state index contributed by atoms with van der Waals surface area (Å²) in [6.07, 6.45) is 0.0407. The number of rotatable bonds is 6. The average molecular weight is 488 g/mol. The van der Waals surface area contributed by atoms with Crippen LogP contribution < -0.4 is 10.2 Å². The predicted molar refractivity (Wildman–Crippen MR) is 130 cm³/mol. The summed E-state index contributed by atoms with van der Waals surface area (Å²) < 4.78 is 32.7. The van der Waals surface area contributed by atoms with Gasteiger partial charge in [0.15, 0.2) is 11.3 Å². The van der Waals surface area contributed by atoms with E-state index in [1.54, 1.807) is 18.2 Å². The summed E-state index contributed by atoms with van der Waals surface area (Å²) in [7, 11) is -3.45. The number of benzene rings is 2. The molecule has 0 aliphatic carbocycles. The Kier molecular flexibility index (Phi) is 6.49. The standard InChI is InChI=1S/C23H25N3O5S2/c1-4-14(2)16-5-8-18(9-6-16)24-21(27)15(3)31-22(28)17-7-10-19-20(13-17)32-23-25-33(29,30)12-11-26(19)23/h5-10,13-15H,4,11-12H2,1-3H3,(H,24,27). The van der Waals surface area contributed by atoms with E-state index >= 15 is 0 Å². The Bertz CT molecular complexity index is 1230. The van der Waals surface area contributed by atoms with Crippen molar-refractivity contribution < 1.29 is 22.7 Å². The summed E-state index contributed by atoms with van der Waals surface area (Å²) in [5, 5.41) is 3.15. The van der Waals surface area contributed by atoms with Crippen LogP contribution in [0.1, 0.15) is 49.0 Å². The summed E-state index contributed by atoms with van der Waals surface area (Å²) in [4.78, 5) is 27.7. The normalized spacial score (nSPS) is 17.9. The summed E-state index contributed by atoms with van der Waals surface area (Å²) >= 11 is 1.20. The fourth-order valence-corrected chi connectivity index (χ4v) is 5.81. The monoisotopic (exact) mass is 487 g/mol. The van der Waals surface area contributed by atoms with Gasteiger partial charge in [0.1, 0.15) is 0 Å². The molecule has 2 aromatic rings. The molecule has 0 saturated heterocycles. The van der Waals surface area contributed by atoms with E-state index in [1.807, 2.05) is 29.2 Å². The number of hydrogen-bond donors (Lipinski definition) is 1. The Morgan fingerprint density at radius 3 is 2.61 bits per heavy atom. The van der Waals surface area contributed by atoms with Crippen molar-refractivity contribution >= 4 is 50.2 Å². The number of fused-ring (bicyclic) bond motifs is 3. The largest absolute Gasteiger partial charge is 0.449 e. The zero-order valence-electron chi connectivity index (χ0n) is 18.6. The summed E-state index contributed by atoms with van der Waals surface area (Å²) in [5.41, 5.74) is 2.92. The Morgan fingerprint density at radius 2 is 1.91 bits per heavy atom. The molecule has 0 bridgehead atoms. The number of carbonyl (C=O) groups is 2. The van der Waals surface area contributed by atoms with Crippen molar-refractivity contribution in [3.63, 3.8) is 0 Å². The first-order chi connectivity index (χ1) is 15.7. The minimum atomic E-state index is -3.45. The first kappa shape index (κ1) is 23.3. The molecule has 0 aromatic heterocycles. The molecule has 0 spiro atoms. The van der Waals surface area contributed by atoms with Gasteiger partial charge in [-0.05, 0) is 66.9 Å². The van der Waals surface area contributed by atoms with Gasteiger partial charge in [0.05, 0.1) is 17.0 Å². The molecule has 0 fully saturated rings. The van der Waals surface area contributed by atoms with Crippen LogP contribution in [0.15, 0.2) is 51.8 Å². The lowest BCUT2D eigenvalue weighted by Crippen LogP contribution is -2.35. The van der Waals surface area contributed by atoms with Gasteiger partial charge in [-0.1, -0.05) is 26.0 Å². The highest BCUT2D eigenvalue weighted by Crippen LogP contribution is 2.42. The van der Waals surface area contributed by atoms with Gasteiger partial charge < -0.3 is 15.0 Å². The number of nitrogens with one attached hydrogen (secondary N) is 1. The molecule has 1 amide bonds. The number of sulfonamides is 1. The van der Waals surface area contributed by atoms with E-state index in [0.29, 0.717) is 23.3 Å². The third kappa shape index (κ3) is 5.06. The van der Waals surface area contributed by atoms with Crippen LogP contribution in [0.5, 0.6) is 0 Å². The molecule has 2 aliphatic heterocycles. The van der Waals surface area contributed by atoms with E-state index in [4.69, 9.17) is 4.74 Å². The predicted octanol–water partition coefficient (Wildman–Crippen LogP) is 4.00. The highest BCUT2D eigenvalue weighted by molar-refractivity contribution is 8.15. The lowest BCUT2D eigenvalue weighted by molar-refractivity contribution is -0.123. The minimum absolute atomic E-state index is 0.0483. The highest BCUT2D eigenvalue weighted by Gasteiger charge is 2.33. The number of hydrogen-bond acceptors (Lipinski definition) is 7. The van der Waals surface area contributed by atoms with E-state index in [9.17, 15) is 18.0 Å². The first-order valence-corrected chi connectivity index (χ1v) is 13.1. The smallest absolute Gasteiger partial charge is 0.338 e. The van der Waals surface area contributed by atoms with Crippen molar-refractivity contribution in [1.82, 2.24) is 0 Å². The van der Waals surface area contributed by atoms with Gasteiger partial charge in [-0.15, -0.1) is 4.40 Å². The number of carbonyl (C=O) groups excluding carboxylic acids is 2. The molecule has 10 heteroatoms. The van der Waals surface area contributed by atoms with Gasteiger partial charge in [0.25, 0.3) is 15.9 Å². The molecule has 2 aromatic carbocycles. The molecule has 2 heterocycles. The second-order valence-corrected chi connectivity index (χ2v) is 10.8. The van der Waals surface area contributed by atoms with E-state index in [1.165, 1.54) is 24.2 Å². The molecule has 4 rings (SSSR count). The zero-order chi connectivity index (χ0) is 23.8. The van der Waals surface area contributed by atoms with E-state index < -0.39 is 28.0 Å². The molecule has 2 atom stereocenters. The summed E-state index contributed by atoms with van der Waals surface area (Å²) in [6, 6.07) is 12.6. The summed E-state index contributed by atoms with van der Waals surface area (Å²) in [6.45, 7) is 6.11. The Labute approximate surface area is 197 Å². The fourth-order valence-electron chi connectivity index (χ4n) is 3.51. The van der Waals surface area contributed by atoms with Crippen molar-refractivity contribution in [1.29, 1.82) is 0 Å². The lowest BCUT2D eigenvalue weighted by Gasteiger charge is -2.22. The molecule has 8 nitrogen and oxygen atoms in total. The first-order valence-electron chi connectivity index (χ1n) is 10.7. The number of ether oxygens (including phenoxy) is 1. The van der Waals surface area contributed by atoms with Crippen molar-refractivity contribution in [2.75, 3.05) is 22.5 Å². The van der Waals surface area contributed by atoms with Crippen LogP contribution in [0.4, 0.5) is 11.4 Å². The maximum atomic E-state index is 12.6. The number of nitrogens with zero attached hydrogens (tertiary/aromatic N) is 2. The van der Waals surface area contributed by atoms with Crippen molar-refractivity contribution in [3.05, 3.63) is 53.6 Å². The van der Waals surface area contributed by atoms with Gasteiger partial charge in [0, 0.05) is 17.1 Å². The van der Waals surface area contributed by atoms with Crippen molar-refractivity contribution in [2.24, 2.45) is 4.40 Å². The van der Waals surface area contributed by atoms with Gasteiger partial charge in [0.2, 0.25) is 0 Å². The minimum Gasteiger partial charge on any atom is -0.449 e. The second-order valence-electron chi connectivity index (χ2n) is 8.06. The maximum absolute atomic E-state index is 12.6. The number of thioether (sulfide) groups is 1. The molecule has 2 aliphatic rings. The molecule has 1 N–H and O–H groups in total. The molecule has 33 heavy (non-hydrogen) atoms. The molecular formula is C23H25N3O5S2. The van der Waals surface area contributed by atoms with Gasteiger partial charge in [-0.25, -0.2) is 13.2 Å². The Balaban J connectivity index is 1.39. The highest BCUT2D eigenvalue weighted by atomic mass is 32.2. The molecular weight excluding hydrogens is 462 g/mol. The van der Waals surface area contributed by atoms with E-state index in [0.717, 1.165) is 17.0 Å². The van der Waals surface area contributed by atoms with Crippen LogP contribution in [0, 0.1) is 0 Å². The van der Waals surface area contributed by atoms with Crippen LogP contribution in [-0.2, 0) is 19.6 Å². The number of esters is 1. The zero-order valence-corrected chi connectivity index (χ0v) is 20.2. The fraction of sp³-hybridized carbons (Fsp3) is 0.348. The molecule has 2 unspecified atom stereocenters. The van der Waals surface area contributed by atoms with Crippen LogP contribution in [0.3, 0.4) is 0 Å². The van der Waals surface area contributed by atoms with Gasteiger partial charge >= 0.3 is 5.97 Å². The van der Waals surface area contributed by atoms with Gasteiger partial charge in [-0.2, -0.15) is 0 Å². The van der Waals surface area contributed by atoms with Gasteiger partial charge in [-0.3, -0.25) is 4.79 Å².